The molecule has 0 atom stereocenters. The third-order valence-electron chi connectivity index (χ3n) is 4.77. The molecule has 0 bridgehead atoms. The van der Waals surface area contributed by atoms with Crippen molar-refractivity contribution < 1.29 is 18.1 Å². The van der Waals surface area contributed by atoms with Crippen molar-refractivity contribution in [2.45, 2.75) is 17.1 Å². The highest BCUT2D eigenvalue weighted by Gasteiger charge is 2.30. The van der Waals surface area contributed by atoms with E-state index in [1.165, 1.54) is 39.9 Å². The van der Waals surface area contributed by atoms with Gasteiger partial charge in [0, 0.05) is 29.9 Å². The van der Waals surface area contributed by atoms with Crippen molar-refractivity contribution in [3.05, 3.63) is 81.2 Å². The number of nitrogens with zero attached hydrogens (tertiary/aromatic N) is 2. The first-order valence-corrected chi connectivity index (χ1v) is 11.4. The number of hydrogen-bond acceptors (Lipinski definition) is 6. The summed E-state index contributed by atoms with van der Waals surface area (Å²) in [6, 6.07) is 13.8. The molecule has 1 aliphatic rings. The van der Waals surface area contributed by atoms with Crippen LogP contribution >= 0.6 is 11.3 Å². The molecule has 1 amide bonds. The van der Waals surface area contributed by atoms with Crippen molar-refractivity contribution in [3.63, 3.8) is 0 Å². The van der Waals surface area contributed by atoms with Crippen LogP contribution in [-0.4, -0.2) is 25.8 Å². The number of thiophene rings is 1. The van der Waals surface area contributed by atoms with Crippen LogP contribution in [0.5, 0.6) is 0 Å². The molecule has 10 heteroatoms. The Bertz CT molecular complexity index is 1220. The van der Waals surface area contributed by atoms with Crippen molar-refractivity contribution in [1.82, 2.24) is 0 Å². The first kappa shape index (κ1) is 20.0. The fourth-order valence-corrected chi connectivity index (χ4v) is 6.02. The van der Waals surface area contributed by atoms with Gasteiger partial charge in [-0.15, -0.1) is 11.3 Å². The zero-order valence-electron chi connectivity index (χ0n) is 15.6. The number of nitro groups is 1. The molecule has 3 aromatic rings. The van der Waals surface area contributed by atoms with Crippen molar-refractivity contribution in [1.29, 1.82) is 0 Å². The van der Waals surface area contributed by atoms with Crippen LogP contribution in [0.4, 0.5) is 17.1 Å². The summed E-state index contributed by atoms with van der Waals surface area (Å²) in [5, 5.41) is 15.4. The molecule has 4 rings (SSSR count). The van der Waals surface area contributed by atoms with Crippen molar-refractivity contribution in [2.75, 3.05) is 16.2 Å². The summed E-state index contributed by atoms with van der Waals surface area (Å²) >= 11 is 1.18. The molecule has 0 radical (unpaired) electrons. The number of aryl methyl sites for hydroxylation is 1. The number of carbonyl (C=O) groups is 1. The molecule has 1 N–H and O–H groups in total. The number of carbonyl (C=O) groups excluding carboxylic acids is 1. The van der Waals surface area contributed by atoms with E-state index in [-0.39, 0.29) is 11.3 Å². The Hall–Kier alpha value is -3.24. The number of amides is 1. The van der Waals surface area contributed by atoms with Gasteiger partial charge in [0.05, 0.1) is 10.6 Å². The minimum absolute atomic E-state index is 0.164. The SMILES string of the molecule is O=C(Nc1ccc2c(c1)CCCN2S(=O)(=O)c1cccs1)c1cccc([N+](=O)[O-])c1. The van der Waals surface area contributed by atoms with E-state index in [0.29, 0.717) is 35.0 Å². The number of sulfonamides is 1. The first-order chi connectivity index (χ1) is 14.4. The molecular weight excluding hydrogens is 426 g/mol. The normalized spacial score (nSPS) is 13.5. The van der Waals surface area contributed by atoms with Crippen molar-refractivity contribution >= 4 is 44.3 Å². The Labute approximate surface area is 177 Å². The van der Waals surface area contributed by atoms with Crippen LogP contribution in [-0.2, 0) is 16.4 Å². The van der Waals surface area contributed by atoms with Crippen LogP contribution in [0.1, 0.15) is 22.3 Å². The van der Waals surface area contributed by atoms with E-state index >= 15 is 0 Å². The molecule has 2 heterocycles. The topological polar surface area (TPSA) is 110 Å². The largest absolute Gasteiger partial charge is 0.322 e. The molecule has 154 valence electrons. The lowest BCUT2D eigenvalue weighted by Gasteiger charge is -2.30. The molecule has 30 heavy (non-hydrogen) atoms. The summed E-state index contributed by atoms with van der Waals surface area (Å²) in [7, 11) is -3.62. The number of nitrogens with one attached hydrogen (secondary N) is 1. The lowest BCUT2D eigenvalue weighted by Crippen LogP contribution is -2.35. The van der Waals surface area contributed by atoms with Gasteiger partial charge in [0.15, 0.2) is 0 Å². The zero-order valence-corrected chi connectivity index (χ0v) is 17.3. The van der Waals surface area contributed by atoms with Gasteiger partial charge in [-0.2, -0.15) is 0 Å². The van der Waals surface area contributed by atoms with Crippen LogP contribution in [0.2, 0.25) is 0 Å². The molecule has 8 nitrogen and oxygen atoms in total. The van der Waals surface area contributed by atoms with Gasteiger partial charge < -0.3 is 5.32 Å². The average Bonchev–Trinajstić information content (AvgIpc) is 3.29. The number of hydrogen-bond donors (Lipinski definition) is 1. The summed E-state index contributed by atoms with van der Waals surface area (Å²) < 4.78 is 27.6. The number of benzene rings is 2. The molecule has 0 saturated heterocycles. The lowest BCUT2D eigenvalue weighted by molar-refractivity contribution is -0.384. The Morgan fingerprint density at radius 3 is 2.70 bits per heavy atom. The highest BCUT2D eigenvalue weighted by Crippen LogP contribution is 2.35. The number of rotatable bonds is 5. The fourth-order valence-electron chi connectivity index (χ4n) is 3.37. The Morgan fingerprint density at radius 1 is 1.13 bits per heavy atom. The van der Waals surface area contributed by atoms with E-state index in [0.717, 1.165) is 5.56 Å². The number of anilines is 2. The highest BCUT2D eigenvalue weighted by molar-refractivity contribution is 7.94. The Balaban J connectivity index is 1.59. The summed E-state index contributed by atoms with van der Waals surface area (Å²) in [6.07, 6.45) is 1.35. The van der Waals surface area contributed by atoms with E-state index in [2.05, 4.69) is 5.32 Å². The monoisotopic (exact) mass is 443 g/mol. The second-order valence-corrected chi connectivity index (χ2v) is 9.75. The van der Waals surface area contributed by atoms with Gasteiger partial charge in [0.1, 0.15) is 4.21 Å². The second kappa shape index (κ2) is 7.88. The van der Waals surface area contributed by atoms with Gasteiger partial charge in [-0.1, -0.05) is 12.1 Å². The third kappa shape index (κ3) is 3.79. The van der Waals surface area contributed by atoms with E-state index in [1.54, 1.807) is 35.7 Å². The molecular formula is C20H17N3O5S2. The standard InChI is InChI=1S/C20H17N3O5S2/c24-20(15-4-1-6-17(13-15)23(25)26)21-16-8-9-18-14(12-16)5-2-10-22(18)30(27,28)19-7-3-11-29-19/h1,3-4,6-9,11-13H,2,5,10H2,(H,21,24). The molecule has 1 aromatic heterocycles. The maximum atomic E-state index is 13.0. The minimum atomic E-state index is -3.62. The van der Waals surface area contributed by atoms with Crippen LogP contribution in [0.3, 0.4) is 0 Å². The van der Waals surface area contributed by atoms with Gasteiger partial charge in [-0.3, -0.25) is 19.2 Å². The molecule has 0 spiro atoms. The van der Waals surface area contributed by atoms with Crippen molar-refractivity contribution in [3.8, 4) is 0 Å². The molecule has 0 unspecified atom stereocenters. The molecule has 0 fully saturated rings. The van der Waals surface area contributed by atoms with Crippen LogP contribution < -0.4 is 9.62 Å². The molecule has 1 aliphatic heterocycles. The van der Waals surface area contributed by atoms with Gasteiger partial charge in [0.2, 0.25) is 0 Å². The van der Waals surface area contributed by atoms with E-state index in [9.17, 15) is 23.3 Å². The number of non-ortho nitro benzene ring substituents is 1. The molecule has 0 aliphatic carbocycles. The van der Waals surface area contributed by atoms with Gasteiger partial charge in [0.25, 0.3) is 21.6 Å². The maximum Gasteiger partial charge on any atom is 0.273 e. The third-order valence-corrected chi connectivity index (χ3v) is 7.96. The van der Waals surface area contributed by atoms with E-state index < -0.39 is 20.9 Å². The average molecular weight is 444 g/mol. The predicted octanol–water partition coefficient (Wildman–Crippen LogP) is 4.05. The molecule has 2 aromatic carbocycles. The number of fused-ring (bicyclic) bond motifs is 1. The zero-order chi connectivity index (χ0) is 21.3. The second-order valence-electron chi connectivity index (χ2n) is 6.72. The lowest BCUT2D eigenvalue weighted by atomic mass is 10.0. The minimum Gasteiger partial charge on any atom is -0.322 e. The van der Waals surface area contributed by atoms with Gasteiger partial charge in [-0.25, -0.2) is 8.42 Å². The van der Waals surface area contributed by atoms with E-state index in [1.807, 2.05) is 0 Å². The Morgan fingerprint density at radius 2 is 1.97 bits per heavy atom. The Kier molecular flexibility index (Phi) is 5.27. The van der Waals surface area contributed by atoms with E-state index in [4.69, 9.17) is 0 Å². The fraction of sp³-hybridized carbons (Fsp3) is 0.150. The first-order valence-electron chi connectivity index (χ1n) is 9.11. The summed E-state index contributed by atoms with van der Waals surface area (Å²) in [4.78, 5) is 22.9. The summed E-state index contributed by atoms with van der Waals surface area (Å²) in [5.74, 6) is -0.475. The quantitative estimate of drug-likeness (QED) is 0.473. The predicted molar refractivity (Wildman–Crippen MR) is 115 cm³/mol. The smallest absolute Gasteiger partial charge is 0.273 e. The van der Waals surface area contributed by atoms with Gasteiger partial charge in [-0.05, 0) is 54.1 Å². The van der Waals surface area contributed by atoms with Gasteiger partial charge >= 0.3 is 0 Å². The van der Waals surface area contributed by atoms with Crippen LogP contribution in [0, 0.1) is 10.1 Å². The maximum absolute atomic E-state index is 13.0. The highest BCUT2D eigenvalue weighted by atomic mass is 32.2. The number of nitro benzene ring substituents is 1. The summed E-state index contributed by atoms with van der Waals surface area (Å²) in [5.41, 5.74) is 1.92. The molecule has 0 saturated carbocycles. The summed E-state index contributed by atoms with van der Waals surface area (Å²) in [6.45, 7) is 0.395. The van der Waals surface area contributed by atoms with Crippen LogP contribution in [0.15, 0.2) is 64.2 Å². The van der Waals surface area contributed by atoms with Crippen LogP contribution in [0.25, 0.3) is 0 Å². The van der Waals surface area contributed by atoms with Crippen molar-refractivity contribution in [2.24, 2.45) is 0 Å².